The van der Waals surface area contributed by atoms with Gasteiger partial charge in [0.1, 0.15) is 5.78 Å². The molecule has 1 heterocycles. The average Bonchev–Trinajstić information content (AvgIpc) is 2.62. The zero-order valence-electron chi connectivity index (χ0n) is 11.9. The number of hydrogen-bond donors (Lipinski definition) is 0. The third kappa shape index (κ3) is 2.82. The molecule has 0 radical (unpaired) electrons. The molecule has 2 rings (SSSR count). The summed E-state index contributed by atoms with van der Waals surface area (Å²) >= 11 is 0. The van der Waals surface area contributed by atoms with Crippen molar-refractivity contribution in [2.24, 2.45) is 24.3 Å². The molecule has 1 saturated carbocycles. The minimum Gasteiger partial charge on any atom is -0.299 e. The second-order valence-corrected chi connectivity index (χ2v) is 6.59. The maximum Gasteiger partial charge on any atom is 0.136 e. The minimum absolute atomic E-state index is 0.0419. The van der Waals surface area contributed by atoms with Crippen LogP contribution in [0.4, 0.5) is 0 Å². The van der Waals surface area contributed by atoms with E-state index < -0.39 is 0 Å². The number of carbonyl (C=O) groups is 1. The highest BCUT2D eigenvalue weighted by Gasteiger charge is 2.38. The van der Waals surface area contributed by atoms with Gasteiger partial charge in [0.25, 0.3) is 0 Å². The van der Waals surface area contributed by atoms with Crippen LogP contribution in [0.5, 0.6) is 0 Å². The molecule has 0 N–H and O–H groups in total. The van der Waals surface area contributed by atoms with Crippen LogP contribution >= 0.6 is 0 Å². The summed E-state index contributed by atoms with van der Waals surface area (Å²) in [4.78, 5) is 12.2. The smallest absolute Gasteiger partial charge is 0.136 e. The molecule has 1 aliphatic carbocycles. The van der Waals surface area contributed by atoms with E-state index in [0.717, 1.165) is 19.3 Å². The van der Waals surface area contributed by atoms with Crippen molar-refractivity contribution in [3.63, 3.8) is 0 Å². The van der Waals surface area contributed by atoms with E-state index in [-0.39, 0.29) is 11.3 Å². The molecule has 3 heteroatoms. The van der Waals surface area contributed by atoms with Crippen molar-refractivity contribution in [2.75, 3.05) is 0 Å². The van der Waals surface area contributed by atoms with Gasteiger partial charge in [-0.1, -0.05) is 20.8 Å². The molecule has 0 saturated heterocycles. The van der Waals surface area contributed by atoms with Gasteiger partial charge in [0, 0.05) is 25.6 Å². The highest BCUT2D eigenvalue weighted by atomic mass is 16.1. The Morgan fingerprint density at radius 1 is 1.44 bits per heavy atom. The van der Waals surface area contributed by atoms with Crippen LogP contribution in [0.2, 0.25) is 0 Å². The third-order valence-corrected chi connectivity index (χ3v) is 4.25. The van der Waals surface area contributed by atoms with E-state index in [4.69, 9.17) is 0 Å². The first-order valence-electron chi connectivity index (χ1n) is 6.89. The Balaban J connectivity index is 2.08. The quantitative estimate of drug-likeness (QED) is 0.824. The fourth-order valence-electron chi connectivity index (χ4n) is 3.24. The molecule has 1 aliphatic rings. The van der Waals surface area contributed by atoms with Gasteiger partial charge in [0.15, 0.2) is 0 Å². The van der Waals surface area contributed by atoms with Crippen LogP contribution in [-0.2, 0) is 18.3 Å². The van der Waals surface area contributed by atoms with Gasteiger partial charge in [-0.3, -0.25) is 9.48 Å². The number of rotatable bonds is 3. The topological polar surface area (TPSA) is 34.9 Å². The maximum absolute atomic E-state index is 12.2. The molecule has 1 aromatic heterocycles. The molecule has 100 valence electrons. The van der Waals surface area contributed by atoms with Crippen molar-refractivity contribution in [3.8, 4) is 0 Å². The fourth-order valence-corrected chi connectivity index (χ4v) is 3.24. The number of Topliss-reactive ketones (excluding diaryl/α,β-unsaturated/α-hetero) is 1. The second kappa shape index (κ2) is 4.87. The van der Waals surface area contributed by atoms with E-state index in [1.54, 1.807) is 0 Å². The Hall–Kier alpha value is -1.12. The molecule has 18 heavy (non-hydrogen) atoms. The summed E-state index contributed by atoms with van der Waals surface area (Å²) in [6.45, 7) is 6.62. The second-order valence-electron chi connectivity index (χ2n) is 6.59. The van der Waals surface area contributed by atoms with Gasteiger partial charge < -0.3 is 0 Å². The fraction of sp³-hybridized carbons (Fsp3) is 0.733. The first-order valence-corrected chi connectivity index (χ1v) is 6.89. The van der Waals surface area contributed by atoms with Crippen molar-refractivity contribution >= 4 is 5.78 Å². The van der Waals surface area contributed by atoms with E-state index >= 15 is 0 Å². The lowest BCUT2D eigenvalue weighted by molar-refractivity contribution is -0.129. The lowest BCUT2D eigenvalue weighted by atomic mass is 9.66. The number of aromatic nitrogens is 2. The number of hydrogen-bond acceptors (Lipinski definition) is 2. The molecule has 0 spiro atoms. The third-order valence-electron chi connectivity index (χ3n) is 4.25. The molecule has 2 unspecified atom stereocenters. The number of ketones is 1. The molecule has 1 fully saturated rings. The molecule has 2 atom stereocenters. The first-order chi connectivity index (χ1) is 8.38. The zero-order chi connectivity index (χ0) is 13.3. The number of nitrogens with zero attached hydrogens (tertiary/aromatic N) is 2. The number of aryl methyl sites for hydroxylation is 1. The van der Waals surface area contributed by atoms with Crippen LogP contribution in [0.15, 0.2) is 12.4 Å². The van der Waals surface area contributed by atoms with E-state index in [1.165, 1.54) is 12.0 Å². The Labute approximate surface area is 110 Å². The van der Waals surface area contributed by atoms with E-state index in [9.17, 15) is 4.79 Å². The molecule has 0 aliphatic heterocycles. The maximum atomic E-state index is 12.2. The lowest BCUT2D eigenvalue weighted by Crippen LogP contribution is -2.36. The Morgan fingerprint density at radius 3 is 2.72 bits per heavy atom. The van der Waals surface area contributed by atoms with Gasteiger partial charge in [-0.15, -0.1) is 0 Å². The summed E-state index contributed by atoms with van der Waals surface area (Å²) < 4.78 is 1.83. The predicted octanol–water partition coefficient (Wildman–Crippen LogP) is 2.99. The van der Waals surface area contributed by atoms with Gasteiger partial charge in [-0.25, -0.2) is 0 Å². The highest BCUT2D eigenvalue weighted by Crippen LogP contribution is 2.40. The van der Waals surface area contributed by atoms with Crippen LogP contribution in [0.25, 0.3) is 0 Å². The SMILES string of the molecule is CC1CCC(C(C)(C)Cc2cnn(C)c2)C(=O)C1. The molecule has 0 amide bonds. The summed E-state index contributed by atoms with van der Waals surface area (Å²) in [5.74, 6) is 1.25. The molecule has 0 aromatic carbocycles. The van der Waals surface area contributed by atoms with Crippen LogP contribution in [0.1, 0.15) is 45.6 Å². The number of carbonyl (C=O) groups excluding carboxylic acids is 1. The molecule has 0 bridgehead atoms. The van der Waals surface area contributed by atoms with Crippen molar-refractivity contribution < 1.29 is 4.79 Å². The Morgan fingerprint density at radius 2 is 2.17 bits per heavy atom. The van der Waals surface area contributed by atoms with E-state index in [1.807, 2.05) is 17.9 Å². The van der Waals surface area contributed by atoms with Crippen molar-refractivity contribution in [3.05, 3.63) is 18.0 Å². The van der Waals surface area contributed by atoms with Crippen molar-refractivity contribution in [2.45, 2.75) is 46.5 Å². The minimum atomic E-state index is 0.0419. The average molecular weight is 248 g/mol. The standard InChI is InChI=1S/C15H24N2O/c1-11-5-6-13(14(18)7-11)15(2,3)8-12-9-16-17(4)10-12/h9-11,13H,5-8H2,1-4H3. The zero-order valence-corrected chi connectivity index (χ0v) is 11.9. The summed E-state index contributed by atoms with van der Waals surface area (Å²) in [7, 11) is 1.93. The monoisotopic (exact) mass is 248 g/mol. The largest absolute Gasteiger partial charge is 0.299 e. The predicted molar refractivity (Wildman–Crippen MR) is 72.2 cm³/mol. The Bertz CT molecular complexity index is 433. The first kappa shape index (κ1) is 13.3. The molecule has 1 aromatic rings. The molecular formula is C15H24N2O. The van der Waals surface area contributed by atoms with Gasteiger partial charge in [0.2, 0.25) is 0 Å². The van der Waals surface area contributed by atoms with Crippen molar-refractivity contribution in [1.82, 2.24) is 9.78 Å². The summed E-state index contributed by atoms with van der Waals surface area (Å²) in [6.07, 6.45) is 7.91. The van der Waals surface area contributed by atoms with Crippen LogP contribution in [-0.4, -0.2) is 15.6 Å². The summed E-state index contributed by atoms with van der Waals surface area (Å²) in [5.41, 5.74) is 1.27. The normalized spacial score (nSPS) is 25.4. The van der Waals surface area contributed by atoms with E-state index in [0.29, 0.717) is 11.7 Å². The lowest BCUT2D eigenvalue weighted by Gasteiger charge is -2.37. The van der Waals surface area contributed by atoms with Gasteiger partial charge >= 0.3 is 0 Å². The van der Waals surface area contributed by atoms with Gasteiger partial charge in [-0.05, 0) is 36.2 Å². The summed E-state index contributed by atoms with van der Waals surface area (Å²) in [5, 5.41) is 4.21. The van der Waals surface area contributed by atoms with Crippen molar-refractivity contribution in [1.29, 1.82) is 0 Å². The van der Waals surface area contributed by atoms with Crippen LogP contribution in [0.3, 0.4) is 0 Å². The van der Waals surface area contributed by atoms with Gasteiger partial charge in [0.05, 0.1) is 6.20 Å². The Kier molecular flexibility index (Phi) is 3.60. The van der Waals surface area contributed by atoms with Crippen LogP contribution in [0, 0.1) is 17.3 Å². The summed E-state index contributed by atoms with van der Waals surface area (Å²) in [6, 6.07) is 0. The highest BCUT2D eigenvalue weighted by molar-refractivity contribution is 5.82. The molecule has 3 nitrogen and oxygen atoms in total. The van der Waals surface area contributed by atoms with E-state index in [2.05, 4.69) is 32.1 Å². The van der Waals surface area contributed by atoms with Crippen LogP contribution < -0.4 is 0 Å². The molecular weight excluding hydrogens is 224 g/mol. The van der Waals surface area contributed by atoms with Gasteiger partial charge in [-0.2, -0.15) is 5.10 Å².